The van der Waals surface area contributed by atoms with Crippen LogP contribution in [0.2, 0.25) is 0 Å². The SMILES string of the molecule is O=C(NCC(F)(F)F)[C@@H]1C[C@H]1c1ccc(Br)cc1. The molecular formula is C12H11BrF3NO. The van der Waals surface area contributed by atoms with Crippen molar-refractivity contribution >= 4 is 21.8 Å². The first-order valence-corrected chi connectivity index (χ1v) is 6.26. The first-order valence-electron chi connectivity index (χ1n) is 5.47. The van der Waals surface area contributed by atoms with Gasteiger partial charge in [0.05, 0.1) is 0 Å². The van der Waals surface area contributed by atoms with Gasteiger partial charge in [0, 0.05) is 10.4 Å². The lowest BCUT2D eigenvalue weighted by molar-refractivity contribution is -0.139. The largest absolute Gasteiger partial charge is 0.405 e. The Hall–Kier alpha value is -1.04. The molecule has 98 valence electrons. The van der Waals surface area contributed by atoms with Gasteiger partial charge < -0.3 is 5.32 Å². The zero-order valence-corrected chi connectivity index (χ0v) is 10.9. The first kappa shape index (κ1) is 13.4. The molecule has 6 heteroatoms. The molecule has 18 heavy (non-hydrogen) atoms. The van der Waals surface area contributed by atoms with E-state index < -0.39 is 18.6 Å². The zero-order valence-electron chi connectivity index (χ0n) is 9.30. The summed E-state index contributed by atoms with van der Waals surface area (Å²) in [5.41, 5.74) is 0.991. The second-order valence-electron chi connectivity index (χ2n) is 4.33. The number of alkyl halides is 3. The van der Waals surface area contributed by atoms with E-state index >= 15 is 0 Å². The number of rotatable bonds is 3. The Morgan fingerprint density at radius 1 is 1.33 bits per heavy atom. The highest BCUT2D eigenvalue weighted by Crippen LogP contribution is 2.47. The number of halogens is 4. The van der Waals surface area contributed by atoms with Crippen LogP contribution in [-0.2, 0) is 4.79 Å². The van der Waals surface area contributed by atoms with Crippen LogP contribution in [0, 0.1) is 5.92 Å². The maximum atomic E-state index is 11.9. The van der Waals surface area contributed by atoms with E-state index in [1.165, 1.54) is 0 Å². The van der Waals surface area contributed by atoms with Gasteiger partial charge in [-0.1, -0.05) is 28.1 Å². The first-order chi connectivity index (χ1) is 8.37. The highest BCUT2D eigenvalue weighted by molar-refractivity contribution is 9.10. The van der Waals surface area contributed by atoms with Gasteiger partial charge in [0.25, 0.3) is 0 Å². The molecule has 1 fully saturated rings. The van der Waals surface area contributed by atoms with Crippen molar-refractivity contribution in [2.24, 2.45) is 5.92 Å². The minimum atomic E-state index is -4.35. The molecule has 1 amide bonds. The number of hydrogen-bond donors (Lipinski definition) is 1. The van der Waals surface area contributed by atoms with Gasteiger partial charge in [0.2, 0.25) is 5.91 Å². The molecule has 1 aliphatic carbocycles. The molecule has 1 N–H and O–H groups in total. The Labute approximate surface area is 111 Å². The Morgan fingerprint density at radius 3 is 2.50 bits per heavy atom. The molecule has 1 saturated carbocycles. The van der Waals surface area contributed by atoms with Gasteiger partial charge in [-0.3, -0.25) is 4.79 Å². The summed E-state index contributed by atoms with van der Waals surface area (Å²) in [7, 11) is 0. The smallest absolute Gasteiger partial charge is 0.347 e. The van der Waals surface area contributed by atoms with E-state index in [0.717, 1.165) is 10.0 Å². The van der Waals surface area contributed by atoms with E-state index in [2.05, 4.69) is 15.9 Å². The second kappa shape index (κ2) is 4.91. The van der Waals surface area contributed by atoms with Crippen LogP contribution in [0.15, 0.2) is 28.7 Å². The zero-order chi connectivity index (χ0) is 13.3. The highest BCUT2D eigenvalue weighted by atomic mass is 79.9. The van der Waals surface area contributed by atoms with E-state index in [1.54, 1.807) is 0 Å². The number of nitrogens with one attached hydrogen (secondary N) is 1. The maximum absolute atomic E-state index is 11.9. The van der Waals surface area contributed by atoms with Gasteiger partial charge in [-0.15, -0.1) is 0 Å². The summed E-state index contributed by atoms with van der Waals surface area (Å²) in [6, 6.07) is 7.48. The average molecular weight is 322 g/mol. The Kier molecular flexibility index (Phi) is 3.66. The minimum absolute atomic E-state index is 0.0475. The summed E-state index contributed by atoms with van der Waals surface area (Å²) < 4.78 is 36.8. The highest BCUT2D eigenvalue weighted by Gasteiger charge is 2.44. The van der Waals surface area contributed by atoms with Crippen molar-refractivity contribution in [3.05, 3.63) is 34.3 Å². The fourth-order valence-corrected chi connectivity index (χ4v) is 2.15. The lowest BCUT2D eigenvalue weighted by Gasteiger charge is -2.08. The minimum Gasteiger partial charge on any atom is -0.347 e. The van der Waals surface area contributed by atoms with Crippen LogP contribution in [0.3, 0.4) is 0 Å². The molecule has 0 bridgehead atoms. The van der Waals surface area contributed by atoms with E-state index in [-0.39, 0.29) is 11.8 Å². The molecule has 1 aromatic rings. The van der Waals surface area contributed by atoms with Crippen LogP contribution in [-0.4, -0.2) is 18.6 Å². The summed E-state index contributed by atoms with van der Waals surface area (Å²) in [5.74, 6) is -0.792. The van der Waals surface area contributed by atoms with Crippen molar-refractivity contribution < 1.29 is 18.0 Å². The van der Waals surface area contributed by atoms with E-state index in [4.69, 9.17) is 0 Å². The van der Waals surface area contributed by atoms with Crippen LogP contribution in [0.5, 0.6) is 0 Å². The molecule has 2 atom stereocenters. The third kappa shape index (κ3) is 3.48. The topological polar surface area (TPSA) is 29.1 Å². The molecule has 0 saturated heterocycles. The van der Waals surface area contributed by atoms with Gasteiger partial charge in [0.15, 0.2) is 0 Å². The molecule has 0 radical (unpaired) electrons. The number of carbonyl (C=O) groups excluding carboxylic acids is 1. The summed E-state index contributed by atoms with van der Waals surface area (Å²) in [5, 5.41) is 1.92. The summed E-state index contributed by atoms with van der Waals surface area (Å²) in [6.07, 6.45) is -3.73. The maximum Gasteiger partial charge on any atom is 0.405 e. The second-order valence-corrected chi connectivity index (χ2v) is 5.25. The molecule has 0 aliphatic heterocycles. The van der Waals surface area contributed by atoms with Crippen LogP contribution < -0.4 is 5.32 Å². The van der Waals surface area contributed by atoms with Crippen molar-refractivity contribution in [1.82, 2.24) is 5.32 Å². The fraction of sp³-hybridized carbons (Fsp3) is 0.417. The summed E-state index contributed by atoms with van der Waals surface area (Å²) in [4.78, 5) is 11.5. The van der Waals surface area contributed by atoms with Crippen molar-refractivity contribution in [3.63, 3.8) is 0 Å². The monoisotopic (exact) mass is 321 g/mol. The van der Waals surface area contributed by atoms with Crippen molar-refractivity contribution in [1.29, 1.82) is 0 Å². The summed E-state index contributed by atoms with van der Waals surface area (Å²) in [6.45, 7) is -1.25. The van der Waals surface area contributed by atoms with Crippen LogP contribution in [0.25, 0.3) is 0 Å². The number of amides is 1. The quantitative estimate of drug-likeness (QED) is 0.909. The number of carbonyl (C=O) groups is 1. The van der Waals surface area contributed by atoms with Crippen LogP contribution in [0.4, 0.5) is 13.2 Å². The van der Waals surface area contributed by atoms with E-state index in [1.807, 2.05) is 29.6 Å². The number of hydrogen-bond acceptors (Lipinski definition) is 1. The van der Waals surface area contributed by atoms with Gasteiger partial charge in [-0.2, -0.15) is 13.2 Å². The van der Waals surface area contributed by atoms with Gasteiger partial charge in [-0.05, 0) is 30.0 Å². The normalized spacial score (nSPS) is 22.7. The molecule has 0 aromatic heterocycles. The molecule has 0 spiro atoms. The number of benzene rings is 1. The standard InChI is InChI=1S/C12H11BrF3NO/c13-8-3-1-7(2-4-8)9-5-10(9)11(18)17-6-12(14,15)16/h1-4,9-10H,5-6H2,(H,17,18)/t9-,10+/m0/s1. The van der Waals surface area contributed by atoms with Gasteiger partial charge >= 0.3 is 6.18 Å². The van der Waals surface area contributed by atoms with Gasteiger partial charge in [0.1, 0.15) is 6.54 Å². The predicted molar refractivity (Wildman–Crippen MR) is 64.1 cm³/mol. The molecule has 2 nitrogen and oxygen atoms in total. The van der Waals surface area contributed by atoms with Crippen molar-refractivity contribution in [3.8, 4) is 0 Å². The van der Waals surface area contributed by atoms with E-state index in [0.29, 0.717) is 6.42 Å². The molecule has 0 heterocycles. The predicted octanol–water partition coefficient (Wildman–Crippen LogP) is 3.23. The Morgan fingerprint density at radius 2 is 1.94 bits per heavy atom. The summed E-state index contributed by atoms with van der Waals surface area (Å²) >= 11 is 3.30. The lowest BCUT2D eigenvalue weighted by Crippen LogP contribution is -2.34. The van der Waals surface area contributed by atoms with Crippen LogP contribution >= 0.6 is 15.9 Å². The third-order valence-electron chi connectivity index (χ3n) is 2.89. The molecule has 1 aliphatic rings. The fourth-order valence-electron chi connectivity index (χ4n) is 1.88. The molecular weight excluding hydrogens is 311 g/mol. The average Bonchev–Trinajstić information content (AvgIpc) is 3.06. The third-order valence-corrected chi connectivity index (χ3v) is 3.42. The Bertz CT molecular complexity index is 444. The molecule has 0 unspecified atom stereocenters. The lowest BCUT2D eigenvalue weighted by atomic mass is 10.1. The molecule has 2 rings (SSSR count). The van der Waals surface area contributed by atoms with Gasteiger partial charge in [-0.25, -0.2) is 0 Å². The Balaban J connectivity index is 1.87. The van der Waals surface area contributed by atoms with Crippen LogP contribution in [0.1, 0.15) is 17.9 Å². The molecule has 1 aromatic carbocycles. The van der Waals surface area contributed by atoms with Crippen molar-refractivity contribution in [2.45, 2.75) is 18.5 Å². The van der Waals surface area contributed by atoms with Crippen molar-refractivity contribution in [2.75, 3.05) is 6.54 Å². The van der Waals surface area contributed by atoms with E-state index in [9.17, 15) is 18.0 Å².